The third kappa shape index (κ3) is 3.59. The molecular weight excluding hydrogens is 292 g/mol. The third-order valence-corrected chi connectivity index (χ3v) is 4.00. The predicted molar refractivity (Wildman–Crippen MR) is 89.5 cm³/mol. The lowest BCUT2D eigenvalue weighted by atomic mass is 10.2. The lowest BCUT2D eigenvalue weighted by molar-refractivity contribution is 0.525. The van der Waals surface area contributed by atoms with E-state index in [1.165, 1.54) is 4.57 Å². The first-order valence-corrected chi connectivity index (χ1v) is 7.93. The van der Waals surface area contributed by atoms with Crippen LogP contribution >= 0.6 is 0 Å². The molecule has 1 aromatic carbocycles. The second-order valence-electron chi connectivity index (χ2n) is 5.65. The largest absolute Gasteiger partial charge is 0.337 e. The molecule has 0 saturated heterocycles. The number of aromatic amines is 1. The van der Waals surface area contributed by atoms with E-state index in [0.29, 0.717) is 17.4 Å². The molecule has 0 spiro atoms. The number of imidazole rings is 1. The van der Waals surface area contributed by atoms with Gasteiger partial charge in [-0.3, -0.25) is 9.36 Å². The molecule has 6 nitrogen and oxygen atoms in total. The van der Waals surface area contributed by atoms with Crippen LogP contribution in [0.1, 0.15) is 25.7 Å². The number of hydrogen-bond acceptors (Lipinski definition) is 3. The van der Waals surface area contributed by atoms with Gasteiger partial charge in [-0.05, 0) is 25.0 Å². The van der Waals surface area contributed by atoms with Crippen molar-refractivity contribution in [3.63, 3.8) is 0 Å². The van der Waals surface area contributed by atoms with Crippen molar-refractivity contribution in [2.45, 2.75) is 38.8 Å². The fourth-order valence-corrected chi connectivity index (χ4v) is 2.74. The van der Waals surface area contributed by atoms with Crippen molar-refractivity contribution in [3.05, 3.63) is 63.8 Å². The summed E-state index contributed by atoms with van der Waals surface area (Å²) in [5.74, 6) is 0. The molecule has 0 atom stereocenters. The van der Waals surface area contributed by atoms with Gasteiger partial charge in [0.2, 0.25) is 0 Å². The van der Waals surface area contributed by atoms with Crippen LogP contribution in [0.15, 0.2) is 52.6 Å². The quantitative estimate of drug-likeness (QED) is 0.679. The number of H-pyrrole nitrogens is 1. The summed E-state index contributed by atoms with van der Waals surface area (Å²) >= 11 is 0. The fourth-order valence-electron chi connectivity index (χ4n) is 2.74. The van der Waals surface area contributed by atoms with Crippen molar-refractivity contribution in [1.29, 1.82) is 0 Å². The van der Waals surface area contributed by atoms with Crippen molar-refractivity contribution in [2.24, 2.45) is 0 Å². The van der Waals surface area contributed by atoms with Gasteiger partial charge in [0.15, 0.2) is 0 Å². The van der Waals surface area contributed by atoms with Gasteiger partial charge in [-0.2, -0.15) is 0 Å². The highest BCUT2D eigenvalue weighted by Gasteiger charge is 2.06. The average molecular weight is 312 g/mol. The summed E-state index contributed by atoms with van der Waals surface area (Å²) in [6.45, 7) is 1.42. The number of nitrogens with one attached hydrogen (secondary N) is 1. The van der Waals surface area contributed by atoms with Gasteiger partial charge in [-0.25, -0.2) is 9.78 Å². The zero-order valence-electron chi connectivity index (χ0n) is 12.9. The maximum Gasteiger partial charge on any atom is 0.328 e. The van der Waals surface area contributed by atoms with Gasteiger partial charge in [0.25, 0.3) is 5.56 Å². The van der Waals surface area contributed by atoms with Crippen molar-refractivity contribution in [2.75, 3.05) is 0 Å². The van der Waals surface area contributed by atoms with Gasteiger partial charge >= 0.3 is 5.69 Å². The minimum atomic E-state index is -0.327. The van der Waals surface area contributed by atoms with E-state index in [4.69, 9.17) is 0 Å². The SMILES string of the molecule is O=c1[nH]c2ccccc2c(=O)n1CCCCCCn1ccnc1. The summed E-state index contributed by atoms with van der Waals surface area (Å²) in [4.78, 5) is 31.2. The molecule has 2 aromatic heterocycles. The first-order chi connectivity index (χ1) is 11.3. The molecular formula is C17H20N4O2. The highest BCUT2D eigenvalue weighted by molar-refractivity contribution is 5.76. The van der Waals surface area contributed by atoms with Gasteiger partial charge in [0, 0.05) is 25.5 Å². The molecule has 3 rings (SSSR count). The lowest BCUT2D eigenvalue weighted by Gasteiger charge is -2.06. The van der Waals surface area contributed by atoms with Crippen molar-refractivity contribution in [3.8, 4) is 0 Å². The summed E-state index contributed by atoms with van der Waals surface area (Å²) in [7, 11) is 0. The van der Waals surface area contributed by atoms with Gasteiger partial charge in [0.1, 0.15) is 0 Å². The summed E-state index contributed by atoms with van der Waals surface area (Å²) in [6, 6.07) is 7.11. The molecule has 0 radical (unpaired) electrons. The number of benzene rings is 1. The minimum Gasteiger partial charge on any atom is -0.337 e. The van der Waals surface area contributed by atoms with Crippen LogP contribution in [0.5, 0.6) is 0 Å². The Morgan fingerprint density at radius 1 is 1.00 bits per heavy atom. The Morgan fingerprint density at radius 2 is 1.78 bits per heavy atom. The standard InChI is InChI=1S/C17H20N4O2/c22-16-14-7-3-4-8-15(14)19-17(23)21(16)11-6-2-1-5-10-20-12-9-18-13-20/h3-4,7-9,12-13H,1-2,5-6,10-11H2,(H,19,23). The van der Waals surface area contributed by atoms with Crippen molar-refractivity contribution < 1.29 is 0 Å². The highest BCUT2D eigenvalue weighted by Crippen LogP contribution is 2.05. The Morgan fingerprint density at radius 3 is 2.57 bits per heavy atom. The molecule has 0 unspecified atom stereocenters. The van der Waals surface area contributed by atoms with E-state index < -0.39 is 0 Å². The zero-order chi connectivity index (χ0) is 16.1. The third-order valence-electron chi connectivity index (χ3n) is 4.00. The van der Waals surface area contributed by atoms with Crippen LogP contribution in [0.25, 0.3) is 10.9 Å². The van der Waals surface area contributed by atoms with Gasteiger partial charge in [-0.15, -0.1) is 0 Å². The number of unbranched alkanes of at least 4 members (excludes halogenated alkanes) is 3. The maximum atomic E-state index is 12.4. The first-order valence-electron chi connectivity index (χ1n) is 7.93. The summed E-state index contributed by atoms with van der Waals surface area (Å²) in [5.41, 5.74) is 0.0639. The topological polar surface area (TPSA) is 72.7 Å². The fraction of sp³-hybridized carbons (Fsp3) is 0.353. The van der Waals surface area contributed by atoms with Crippen LogP contribution in [0, 0.1) is 0 Å². The van der Waals surface area contributed by atoms with E-state index in [0.717, 1.165) is 32.2 Å². The van der Waals surface area contributed by atoms with Crippen molar-refractivity contribution in [1.82, 2.24) is 19.1 Å². The van der Waals surface area contributed by atoms with Crippen LogP contribution < -0.4 is 11.2 Å². The highest BCUT2D eigenvalue weighted by atomic mass is 16.2. The number of para-hydroxylation sites is 1. The summed E-state index contributed by atoms with van der Waals surface area (Å²) in [5, 5.41) is 0.562. The summed E-state index contributed by atoms with van der Waals surface area (Å²) < 4.78 is 3.36. The molecule has 0 aliphatic carbocycles. The Bertz CT molecular complexity index is 877. The second kappa shape index (κ2) is 7.09. The molecule has 0 bridgehead atoms. The molecule has 6 heteroatoms. The Kier molecular flexibility index (Phi) is 4.71. The Balaban J connectivity index is 1.55. The van der Waals surface area contributed by atoms with E-state index in [2.05, 4.69) is 14.5 Å². The van der Waals surface area contributed by atoms with E-state index >= 15 is 0 Å². The molecule has 1 N–H and O–H groups in total. The molecule has 23 heavy (non-hydrogen) atoms. The van der Waals surface area contributed by atoms with Crippen molar-refractivity contribution >= 4 is 10.9 Å². The van der Waals surface area contributed by atoms with E-state index in [1.807, 2.05) is 24.7 Å². The number of aryl methyl sites for hydroxylation is 1. The Labute approximate surface area is 133 Å². The van der Waals surface area contributed by atoms with Crippen LogP contribution in [-0.4, -0.2) is 19.1 Å². The lowest BCUT2D eigenvalue weighted by Crippen LogP contribution is -2.35. The molecule has 0 aliphatic rings. The molecule has 0 amide bonds. The van der Waals surface area contributed by atoms with E-state index in [9.17, 15) is 9.59 Å². The number of hydrogen-bond donors (Lipinski definition) is 1. The van der Waals surface area contributed by atoms with Crippen LogP contribution in [0.4, 0.5) is 0 Å². The number of aromatic nitrogens is 4. The smallest absolute Gasteiger partial charge is 0.328 e. The number of fused-ring (bicyclic) bond motifs is 1. The van der Waals surface area contributed by atoms with E-state index in [-0.39, 0.29) is 11.2 Å². The van der Waals surface area contributed by atoms with E-state index in [1.54, 1.807) is 18.3 Å². The Hall–Kier alpha value is -2.63. The second-order valence-corrected chi connectivity index (χ2v) is 5.65. The van der Waals surface area contributed by atoms with Gasteiger partial charge in [0.05, 0.1) is 17.2 Å². The number of rotatable bonds is 7. The molecule has 2 heterocycles. The van der Waals surface area contributed by atoms with Crippen LogP contribution in [0.2, 0.25) is 0 Å². The van der Waals surface area contributed by atoms with Gasteiger partial charge < -0.3 is 9.55 Å². The van der Waals surface area contributed by atoms with Gasteiger partial charge in [-0.1, -0.05) is 25.0 Å². The molecule has 0 fully saturated rings. The molecule has 0 saturated carbocycles. The summed E-state index contributed by atoms with van der Waals surface area (Å²) in [6.07, 6.45) is 9.50. The molecule has 3 aromatic rings. The number of nitrogens with zero attached hydrogens (tertiary/aromatic N) is 3. The molecule has 0 aliphatic heterocycles. The normalized spacial score (nSPS) is 11.1. The predicted octanol–water partition coefficient (Wildman–Crippen LogP) is 2.15. The van der Waals surface area contributed by atoms with Crippen LogP contribution in [0.3, 0.4) is 0 Å². The maximum absolute atomic E-state index is 12.4. The minimum absolute atomic E-state index is 0.206. The average Bonchev–Trinajstić information content (AvgIpc) is 3.06. The monoisotopic (exact) mass is 312 g/mol. The molecule has 120 valence electrons. The zero-order valence-corrected chi connectivity index (χ0v) is 12.9. The first kappa shape index (κ1) is 15.3. The van der Waals surface area contributed by atoms with Crippen LogP contribution in [-0.2, 0) is 13.1 Å².